The van der Waals surface area contributed by atoms with Crippen molar-refractivity contribution >= 4 is 5.91 Å². The molecule has 1 fully saturated rings. The van der Waals surface area contributed by atoms with E-state index in [1.807, 2.05) is 6.07 Å². The van der Waals surface area contributed by atoms with Gasteiger partial charge in [0.1, 0.15) is 12.4 Å². The number of amides is 1. The summed E-state index contributed by atoms with van der Waals surface area (Å²) in [4.78, 5) is 13.6. The Labute approximate surface area is 106 Å². The van der Waals surface area contributed by atoms with Crippen LogP contribution in [0.5, 0.6) is 0 Å². The van der Waals surface area contributed by atoms with Crippen LogP contribution >= 0.6 is 0 Å². The Morgan fingerprint density at radius 3 is 3.06 bits per heavy atom. The highest BCUT2D eigenvalue weighted by atomic mass is 19.1. The van der Waals surface area contributed by atoms with Crippen LogP contribution < -0.4 is 5.73 Å². The standard InChI is InChI=1S/C13H17FN2O2/c14-11-3-1-2-10(6-11)7-16-12(4-5-15)8-18-9-13(16)17/h1-3,6,12H,4-5,7-9,15H2. The third-order valence-corrected chi connectivity index (χ3v) is 3.04. The highest BCUT2D eigenvalue weighted by Crippen LogP contribution is 2.16. The van der Waals surface area contributed by atoms with Crippen molar-refractivity contribution in [2.75, 3.05) is 19.8 Å². The van der Waals surface area contributed by atoms with Gasteiger partial charge in [0, 0.05) is 6.54 Å². The van der Waals surface area contributed by atoms with Gasteiger partial charge in [-0.1, -0.05) is 12.1 Å². The lowest BCUT2D eigenvalue weighted by Gasteiger charge is -2.35. The zero-order chi connectivity index (χ0) is 13.0. The van der Waals surface area contributed by atoms with Gasteiger partial charge in [0.05, 0.1) is 12.6 Å². The second-order valence-electron chi connectivity index (χ2n) is 4.40. The van der Waals surface area contributed by atoms with Gasteiger partial charge in [0.25, 0.3) is 0 Å². The van der Waals surface area contributed by atoms with Gasteiger partial charge in [-0.15, -0.1) is 0 Å². The summed E-state index contributed by atoms with van der Waals surface area (Å²) >= 11 is 0. The molecule has 1 aromatic carbocycles. The highest BCUT2D eigenvalue weighted by molar-refractivity contribution is 5.78. The number of nitrogens with zero attached hydrogens (tertiary/aromatic N) is 1. The van der Waals surface area contributed by atoms with Crippen LogP contribution in [0.25, 0.3) is 0 Å². The van der Waals surface area contributed by atoms with Crippen molar-refractivity contribution in [1.29, 1.82) is 0 Å². The minimum Gasteiger partial charge on any atom is -0.369 e. The molecule has 1 saturated heterocycles. The van der Waals surface area contributed by atoms with Crippen LogP contribution in [0.2, 0.25) is 0 Å². The highest BCUT2D eigenvalue weighted by Gasteiger charge is 2.28. The topological polar surface area (TPSA) is 55.6 Å². The first-order valence-corrected chi connectivity index (χ1v) is 6.02. The zero-order valence-corrected chi connectivity index (χ0v) is 10.1. The van der Waals surface area contributed by atoms with Crippen LogP contribution in [0.3, 0.4) is 0 Å². The molecule has 1 aromatic rings. The van der Waals surface area contributed by atoms with E-state index in [4.69, 9.17) is 10.5 Å². The lowest BCUT2D eigenvalue weighted by Crippen LogP contribution is -2.49. The molecule has 4 nitrogen and oxygen atoms in total. The van der Waals surface area contributed by atoms with Crippen LogP contribution in [0, 0.1) is 5.82 Å². The molecule has 2 N–H and O–H groups in total. The van der Waals surface area contributed by atoms with E-state index in [1.165, 1.54) is 12.1 Å². The predicted molar refractivity (Wildman–Crippen MR) is 65.2 cm³/mol. The van der Waals surface area contributed by atoms with E-state index in [0.717, 1.165) is 5.56 Å². The number of carbonyl (C=O) groups excluding carboxylic acids is 1. The van der Waals surface area contributed by atoms with E-state index in [1.54, 1.807) is 11.0 Å². The Morgan fingerprint density at radius 1 is 1.50 bits per heavy atom. The molecule has 1 aliphatic rings. The molecule has 0 aromatic heterocycles. The molecule has 98 valence electrons. The molecule has 5 heteroatoms. The molecule has 1 atom stereocenters. The molecule has 1 amide bonds. The fourth-order valence-corrected chi connectivity index (χ4v) is 2.14. The average Bonchev–Trinajstić information content (AvgIpc) is 2.34. The van der Waals surface area contributed by atoms with Gasteiger partial charge in [-0.05, 0) is 30.7 Å². The zero-order valence-electron chi connectivity index (χ0n) is 10.1. The van der Waals surface area contributed by atoms with Crippen molar-refractivity contribution in [2.24, 2.45) is 5.73 Å². The van der Waals surface area contributed by atoms with Gasteiger partial charge in [0.2, 0.25) is 5.91 Å². The van der Waals surface area contributed by atoms with Crippen LogP contribution in [-0.4, -0.2) is 36.6 Å². The quantitative estimate of drug-likeness (QED) is 0.866. The second-order valence-corrected chi connectivity index (χ2v) is 4.40. The van der Waals surface area contributed by atoms with E-state index in [-0.39, 0.29) is 24.4 Å². The van der Waals surface area contributed by atoms with Crippen LogP contribution in [0.1, 0.15) is 12.0 Å². The smallest absolute Gasteiger partial charge is 0.249 e. The monoisotopic (exact) mass is 252 g/mol. The van der Waals surface area contributed by atoms with Gasteiger partial charge < -0.3 is 15.4 Å². The minimum absolute atomic E-state index is 0.0143. The van der Waals surface area contributed by atoms with Crippen LogP contribution in [-0.2, 0) is 16.1 Å². The van der Waals surface area contributed by atoms with Crippen molar-refractivity contribution in [3.8, 4) is 0 Å². The Hall–Kier alpha value is -1.46. The number of rotatable bonds is 4. The maximum Gasteiger partial charge on any atom is 0.249 e. The van der Waals surface area contributed by atoms with E-state index in [9.17, 15) is 9.18 Å². The van der Waals surface area contributed by atoms with Crippen molar-refractivity contribution < 1.29 is 13.9 Å². The summed E-state index contributed by atoms with van der Waals surface area (Å²) in [7, 11) is 0. The molecule has 2 rings (SSSR count). The first kappa shape index (κ1) is 13.0. The van der Waals surface area contributed by atoms with Gasteiger partial charge in [-0.3, -0.25) is 4.79 Å². The lowest BCUT2D eigenvalue weighted by atomic mass is 10.1. The average molecular weight is 252 g/mol. The molecule has 0 aliphatic carbocycles. The maximum atomic E-state index is 13.1. The van der Waals surface area contributed by atoms with E-state index in [0.29, 0.717) is 26.1 Å². The molecule has 0 spiro atoms. The largest absolute Gasteiger partial charge is 0.369 e. The van der Waals surface area contributed by atoms with Crippen LogP contribution in [0.15, 0.2) is 24.3 Å². The first-order valence-electron chi connectivity index (χ1n) is 6.02. The van der Waals surface area contributed by atoms with E-state index < -0.39 is 0 Å². The number of carbonyl (C=O) groups is 1. The number of benzene rings is 1. The molecule has 18 heavy (non-hydrogen) atoms. The summed E-state index contributed by atoms with van der Waals surface area (Å²) in [5.41, 5.74) is 6.32. The van der Waals surface area contributed by atoms with Gasteiger partial charge >= 0.3 is 0 Å². The van der Waals surface area contributed by atoms with E-state index in [2.05, 4.69) is 0 Å². The first-order chi connectivity index (χ1) is 8.70. The fraction of sp³-hybridized carbons (Fsp3) is 0.462. The third-order valence-electron chi connectivity index (χ3n) is 3.04. The summed E-state index contributed by atoms with van der Waals surface area (Å²) in [6.45, 7) is 1.50. The summed E-state index contributed by atoms with van der Waals surface area (Å²) in [5.74, 6) is -0.354. The number of ether oxygens (including phenoxy) is 1. The van der Waals surface area contributed by atoms with Crippen molar-refractivity contribution in [3.05, 3.63) is 35.6 Å². The van der Waals surface area contributed by atoms with Gasteiger partial charge in [0.15, 0.2) is 0 Å². The van der Waals surface area contributed by atoms with Crippen LogP contribution in [0.4, 0.5) is 4.39 Å². The molecule has 0 saturated carbocycles. The van der Waals surface area contributed by atoms with Crippen molar-refractivity contribution in [2.45, 2.75) is 19.0 Å². The normalized spacial score (nSPS) is 20.2. The number of hydrogen-bond donors (Lipinski definition) is 1. The van der Waals surface area contributed by atoms with Gasteiger partial charge in [-0.25, -0.2) is 4.39 Å². The summed E-state index contributed by atoms with van der Waals surface area (Å²) in [6, 6.07) is 6.28. The number of halogens is 1. The fourth-order valence-electron chi connectivity index (χ4n) is 2.14. The Bertz CT molecular complexity index is 423. The Kier molecular flexibility index (Phi) is 4.28. The number of nitrogens with two attached hydrogens (primary N) is 1. The molecule has 1 unspecified atom stereocenters. The van der Waals surface area contributed by atoms with E-state index >= 15 is 0 Å². The molecular weight excluding hydrogens is 235 g/mol. The Balaban J connectivity index is 2.10. The number of hydrogen-bond acceptors (Lipinski definition) is 3. The lowest BCUT2D eigenvalue weighted by molar-refractivity contribution is -0.149. The molecule has 1 heterocycles. The molecule has 0 bridgehead atoms. The number of morpholine rings is 1. The predicted octanol–water partition coefficient (Wildman–Crippen LogP) is 0.902. The molecular formula is C13H17FN2O2. The molecule has 1 aliphatic heterocycles. The van der Waals surface area contributed by atoms with Crippen molar-refractivity contribution in [3.63, 3.8) is 0 Å². The maximum absolute atomic E-state index is 13.1. The summed E-state index contributed by atoms with van der Waals surface area (Å²) < 4.78 is 18.3. The van der Waals surface area contributed by atoms with Crippen molar-refractivity contribution in [1.82, 2.24) is 4.90 Å². The SMILES string of the molecule is NCCC1COCC(=O)N1Cc1cccc(F)c1. The van der Waals surface area contributed by atoms with Gasteiger partial charge in [-0.2, -0.15) is 0 Å². The second kappa shape index (κ2) is 5.93. The molecule has 0 radical (unpaired) electrons. The summed E-state index contributed by atoms with van der Waals surface area (Å²) in [6.07, 6.45) is 0.695. The third kappa shape index (κ3) is 3.05. The minimum atomic E-state index is -0.288. The Morgan fingerprint density at radius 2 is 2.33 bits per heavy atom. The summed E-state index contributed by atoms with van der Waals surface area (Å²) in [5, 5.41) is 0.